The molecule has 0 aliphatic carbocycles. The molecule has 2 aromatic heterocycles. The minimum atomic E-state index is -0.514. The summed E-state index contributed by atoms with van der Waals surface area (Å²) in [5.74, 6) is 0.383. The highest BCUT2D eigenvalue weighted by Gasteiger charge is 2.26. The van der Waals surface area contributed by atoms with Crippen molar-refractivity contribution in [3.8, 4) is 5.75 Å². The van der Waals surface area contributed by atoms with Crippen LogP contribution >= 0.6 is 11.3 Å². The van der Waals surface area contributed by atoms with Crippen molar-refractivity contribution in [2.24, 2.45) is 0 Å². The molecule has 36 heavy (non-hydrogen) atoms. The predicted molar refractivity (Wildman–Crippen MR) is 141 cm³/mol. The molecule has 1 aliphatic heterocycles. The van der Waals surface area contributed by atoms with E-state index in [4.69, 9.17) is 4.74 Å². The average molecular weight is 513 g/mol. The lowest BCUT2D eigenvalue weighted by Gasteiger charge is -2.35. The number of likely N-dealkylation sites (tertiary alicyclic amines) is 1. The maximum Gasteiger partial charge on any atom is 0.332 e. The van der Waals surface area contributed by atoms with Crippen LogP contribution in [-0.4, -0.2) is 45.5 Å². The van der Waals surface area contributed by atoms with E-state index in [1.165, 1.54) is 15.9 Å². The second-order valence-electron chi connectivity index (χ2n) is 8.99. The molecule has 0 spiro atoms. The first-order valence-corrected chi connectivity index (χ1v) is 13.2. The van der Waals surface area contributed by atoms with Gasteiger partial charge in [-0.3, -0.25) is 23.5 Å². The van der Waals surface area contributed by atoms with Crippen molar-refractivity contribution >= 4 is 39.1 Å². The summed E-state index contributed by atoms with van der Waals surface area (Å²) in [6, 6.07) is 8.90. The molecule has 9 nitrogen and oxygen atoms in total. The quantitative estimate of drug-likeness (QED) is 0.473. The Kier molecular flexibility index (Phi) is 8.25. The van der Waals surface area contributed by atoms with Crippen molar-refractivity contribution in [2.75, 3.05) is 19.0 Å². The third-order valence-electron chi connectivity index (χ3n) is 6.71. The molecule has 0 bridgehead atoms. The number of anilines is 1. The molecule has 1 atom stereocenters. The molecule has 192 valence electrons. The monoisotopic (exact) mass is 512 g/mol. The predicted octanol–water partition coefficient (Wildman–Crippen LogP) is 3.44. The molecule has 1 fully saturated rings. The van der Waals surface area contributed by atoms with Crippen LogP contribution in [0.4, 0.5) is 5.69 Å². The third kappa shape index (κ3) is 5.53. The third-order valence-corrected chi connectivity index (χ3v) is 7.60. The Morgan fingerprint density at radius 1 is 1.11 bits per heavy atom. The van der Waals surface area contributed by atoms with Crippen molar-refractivity contribution in [1.82, 2.24) is 14.0 Å². The summed E-state index contributed by atoms with van der Waals surface area (Å²) in [6.07, 6.45) is 4.38. The van der Waals surface area contributed by atoms with Gasteiger partial charge in [0.05, 0.1) is 12.6 Å². The van der Waals surface area contributed by atoms with Crippen molar-refractivity contribution in [1.29, 1.82) is 0 Å². The molecule has 10 heteroatoms. The molecule has 4 rings (SSSR count). The summed E-state index contributed by atoms with van der Waals surface area (Å²) in [4.78, 5) is 53.8. The van der Waals surface area contributed by atoms with Gasteiger partial charge in [-0.1, -0.05) is 6.92 Å². The number of rotatable bonds is 9. The fourth-order valence-corrected chi connectivity index (χ4v) is 5.60. The van der Waals surface area contributed by atoms with Gasteiger partial charge in [0.25, 0.3) is 5.56 Å². The summed E-state index contributed by atoms with van der Waals surface area (Å²) >= 11 is 1.26. The van der Waals surface area contributed by atoms with Crippen LogP contribution in [0.25, 0.3) is 10.2 Å². The van der Waals surface area contributed by atoms with E-state index in [-0.39, 0.29) is 42.9 Å². The number of carbonyl (C=O) groups is 2. The standard InChI is InChI=1S/C26H32N4O5S/c1-3-19-7-4-5-14-28(19)23(32)17-30-21-13-16-36-24(21)25(33)29(26(30)34)15-6-8-22(31)27-18-9-11-20(35-2)12-10-18/h9-13,16,19H,3-8,14-15,17H2,1-2H3,(H,27,31). The largest absolute Gasteiger partial charge is 0.497 e. The zero-order valence-corrected chi connectivity index (χ0v) is 21.5. The summed E-state index contributed by atoms with van der Waals surface area (Å²) in [5, 5.41) is 4.56. The number of nitrogens with zero attached hydrogens (tertiary/aromatic N) is 3. The number of thiophene rings is 1. The number of carbonyl (C=O) groups excluding carboxylic acids is 2. The fourth-order valence-electron chi connectivity index (χ4n) is 4.76. The van der Waals surface area contributed by atoms with Crippen molar-refractivity contribution in [3.05, 3.63) is 56.5 Å². The van der Waals surface area contributed by atoms with Gasteiger partial charge in [-0.05, 0) is 67.8 Å². The number of benzene rings is 1. The first kappa shape index (κ1) is 25.7. The van der Waals surface area contributed by atoms with Gasteiger partial charge in [0.1, 0.15) is 17.0 Å². The number of piperidine rings is 1. The van der Waals surface area contributed by atoms with Crippen molar-refractivity contribution in [3.63, 3.8) is 0 Å². The maximum absolute atomic E-state index is 13.3. The fraction of sp³-hybridized carbons (Fsp3) is 0.462. The van der Waals surface area contributed by atoms with Crippen LogP contribution in [0.15, 0.2) is 45.3 Å². The molecule has 3 heterocycles. The molecule has 1 N–H and O–H groups in total. The lowest BCUT2D eigenvalue weighted by atomic mass is 10.00. The topological polar surface area (TPSA) is 103 Å². The van der Waals surface area contributed by atoms with E-state index in [0.29, 0.717) is 34.6 Å². The molecular formula is C26H32N4O5S. The van der Waals surface area contributed by atoms with Crippen LogP contribution in [-0.2, 0) is 22.7 Å². The number of hydrogen-bond donors (Lipinski definition) is 1. The van der Waals surface area contributed by atoms with Gasteiger partial charge in [-0.2, -0.15) is 0 Å². The highest BCUT2D eigenvalue weighted by Crippen LogP contribution is 2.21. The number of fused-ring (bicyclic) bond motifs is 1. The maximum atomic E-state index is 13.3. The Morgan fingerprint density at radius 3 is 2.61 bits per heavy atom. The smallest absolute Gasteiger partial charge is 0.332 e. The molecule has 1 aromatic carbocycles. The van der Waals surface area contributed by atoms with Crippen LogP contribution in [0.2, 0.25) is 0 Å². The molecule has 1 saturated heterocycles. The van der Waals surface area contributed by atoms with Gasteiger partial charge in [0, 0.05) is 31.2 Å². The molecule has 0 saturated carbocycles. The average Bonchev–Trinajstić information content (AvgIpc) is 3.39. The first-order chi connectivity index (χ1) is 17.4. The van der Waals surface area contributed by atoms with Gasteiger partial charge in [0.15, 0.2) is 0 Å². The minimum absolute atomic E-state index is 0.0943. The van der Waals surface area contributed by atoms with Crippen LogP contribution < -0.4 is 21.3 Å². The van der Waals surface area contributed by atoms with E-state index < -0.39 is 5.69 Å². The Labute approximate surface area is 213 Å². The van der Waals surface area contributed by atoms with Crippen LogP contribution in [0, 0.1) is 0 Å². The summed E-state index contributed by atoms with van der Waals surface area (Å²) < 4.78 is 8.12. The van der Waals surface area contributed by atoms with Gasteiger partial charge >= 0.3 is 5.69 Å². The van der Waals surface area contributed by atoms with Gasteiger partial charge in [0.2, 0.25) is 11.8 Å². The zero-order valence-electron chi connectivity index (χ0n) is 20.7. The van der Waals surface area contributed by atoms with E-state index in [2.05, 4.69) is 12.2 Å². The summed E-state index contributed by atoms with van der Waals surface area (Å²) in [5.41, 5.74) is 0.234. The normalized spacial score (nSPS) is 15.7. The molecule has 2 amide bonds. The van der Waals surface area contributed by atoms with E-state index in [9.17, 15) is 19.2 Å². The molecule has 0 radical (unpaired) electrons. The van der Waals surface area contributed by atoms with Gasteiger partial charge in [-0.15, -0.1) is 11.3 Å². The Bertz CT molecular complexity index is 1340. The Hall–Kier alpha value is -3.40. The number of aromatic nitrogens is 2. The lowest BCUT2D eigenvalue weighted by Crippen LogP contribution is -2.47. The Morgan fingerprint density at radius 2 is 1.89 bits per heavy atom. The number of amides is 2. The highest BCUT2D eigenvalue weighted by atomic mass is 32.1. The molecule has 1 aliphatic rings. The number of methoxy groups -OCH3 is 1. The minimum Gasteiger partial charge on any atom is -0.497 e. The second-order valence-corrected chi connectivity index (χ2v) is 9.90. The van der Waals surface area contributed by atoms with E-state index >= 15 is 0 Å². The SMILES string of the molecule is CCC1CCCCN1C(=O)Cn1c(=O)n(CCCC(=O)Nc2ccc(OC)cc2)c(=O)c2sccc21. The van der Waals surface area contributed by atoms with Crippen LogP contribution in [0.3, 0.4) is 0 Å². The van der Waals surface area contributed by atoms with Gasteiger partial charge in [-0.25, -0.2) is 4.79 Å². The molecular weight excluding hydrogens is 480 g/mol. The molecule has 3 aromatic rings. The second kappa shape index (κ2) is 11.6. The number of ether oxygens (including phenoxy) is 1. The van der Waals surface area contributed by atoms with Crippen molar-refractivity contribution < 1.29 is 14.3 Å². The zero-order chi connectivity index (χ0) is 25.7. The van der Waals surface area contributed by atoms with E-state index in [1.54, 1.807) is 42.8 Å². The van der Waals surface area contributed by atoms with Crippen LogP contribution in [0.1, 0.15) is 45.4 Å². The van der Waals surface area contributed by atoms with Crippen molar-refractivity contribution in [2.45, 2.75) is 64.6 Å². The number of nitrogens with one attached hydrogen (secondary N) is 1. The highest BCUT2D eigenvalue weighted by molar-refractivity contribution is 7.17. The van der Waals surface area contributed by atoms with E-state index in [0.717, 1.165) is 30.3 Å². The lowest BCUT2D eigenvalue weighted by molar-refractivity contribution is -0.135. The molecule has 1 unspecified atom stereocenters. The summed E-state index contributed by atoms with van der Waals surface area (Å²) in [7, 11) is 1.57. The number of hydrogen-bond acceptors (Lipinski definition) is 6. The van der Waals surface area contributed by atoms with Crippen LogP contribution in [0.5, 0.6) is 5.75 Å². The van der Waals surface area contributed by atoms with Gasteiger partial charge < -0.3 is 15.0 Å². The Balaban J connectivity index is 1.48. The summed E-state index contributed by atoms with van der Waals surface area (Å²) in [6.45, 7) is 2.77. The first-order valence-electron chi connectivity index (χ1n) is 12.4. The van der Waals surface area contributed by atoms with E-state index in [1.807, 2.05) is 4.90 Å².